The number of hydrogen-bond donors (Lipinski definition) is 0. The van der Waals surface area contributed by atoms with Crippen LogP contribution in [-0.4, -0.2) is 23.4 Å². The number of aldehydes is 1. The minimum atomic E-state index is 0.345. The summed E-state index contributed by atoms with van der Waals surface area (Å²) >= 11 is 0. The number of fused-ring (bicyclic) bond motifs is 3. The van der Waals surface area contributed by atoms with E-state index in [1.165, 1.54) is 0 Å². The molecule has 3 rings (SSSR count). The van der Waals surface area contributed by atoms with Crippen LogP contribution in [0.2, 0.25) is 0 Å². The van der Waals surface area contributed by atoms with Crippen molar-refractivity contribution in [1.82, 2.24) is 9.97 Å². The third-order valence-electron chi connectivity index (χ3n) is 2.87. The van der Waals surface area contributed by atoms with Gasteiger partial charge in [-0.1, -0.05) is 12.1 Å². The first-order valence-electron chi connectivity index (χ1n) is 5.51. The van der Waals surface area contributed by atoms with Crippen molar-refractivity contribution < 1.29 is 9.53 Å². The Bertz CT molecular complexity index is 753. The van der Waals surface area contributed by atoms with Gasteiger partial charge >= 0.3 is 0 Å². The van der Waals surface area contributed by atoms with Gasteiger partial charge in [-0.05, 0) is 12.1 Å². The molecule has 4 heteroatoms. The molecule has 0 aliphatic rings. The van der Waals surface area contributed by atoms with Gasteiger partial charge in [0.1, 0.15) is 17.0 Å². The van der Waals surface area contributed by atoms with Crippen LogP contribution in [0, 0.1) is 0 Å². The van der Waals surface area contributed by atoms with E-state index in [9.17, 15) is 4.79 Å². The van der Waals surface area contributed by atoms with Crippen molar-refractivity contribution in [2.75, 3.05) is 7.11 Å². The highest BCUT2D eigenvalue weighted by Gasteiger charge is 2.09. The molecule has 88 valence electrons. The normalized spacial score (nSPS) is 10.7. The summed E-state index contributed by atoms with van der Waals surface area (Å²) in [5, 5.41) is 1.84. The third-order valence-corrected chi connectivity index (χ3v) is 2.87. The highest BCUT2D eigenvalue weighted by atomic mass is 16.5. The molecule has 0 radical (unpaired) electrons. The Hall–Kier alpha value is -2.49. The topological polar surface area (TPSA) is 52.1 Å². The molecule has 4 nitrogen and oxygen atoms in total. The Morgan fingerprint density at radius 1 is 1.22 bits per heavy atom. The van der Waals surface area contributed by atoms with Gasteiger partial charge in [0, 0.05) is 23.0 Å². The van der Waals surface area contributed by atoms with Crippen molar-refractivity contribution in [3.8, 4) is 5.75 Å². The van der Waals surface area contributed by atoms with E-state index >= 15 is 0 Å². The van der Waals surface area contributed by atoms with Crippen molar-refractivity contribution in [3.63, 3.8) is 0 Å². The Morgan fingerprint density at radius 3 is 2.89 bits per heavy atom. The number of pyridine rings is 2. The average Bonchev–Trinajstić information content (AvgIpc) is 2.45. The van der Waals surface area contributed by atoms with E-state index in [0.29, 0.717) is 23.2 Å². The molecule has 2 heterocycles. The molecule has 0 aliphatic heterocycles. The van der Waals surface area contributed by atoms with Gasteiger partial charge in [-0.3, -0.25) is 9.78 Å². The Labute approximate surface area is 103 Å². The van der Waals surface area contributed by atoms with Crippen LogP contribution >= 0.6 is 0 Å². The van der Waals surface area contributed by atoms with Crippen LogP contribution in [-0.2, 0) is 0 Å². The van der Waals surface area contributed by atoms with Gasteiger partial charge in [0.05, 0.1) is 12.6 Å². The van der Waals surface area contributed by atoms with Crippen LogP contribution in [0.1, 0.15) is 10.5 Å². The second kappa shape index (κ2) is 4.07. The first-order valence-corrected chi connectivity index (χ1v) is 5.51. The highest BCUT2D eigenvalue weighted by Crippen LogP contribution is 2.29. The summed E-state index contributed by atoms with van der Waals surface area (Å²) < 4.78 is 5.29. The first-order chi connectivity index (χ1) is 8.83. The van der Waals surface area contributed by atoms with Crippen LogP contribution < -0.4 is 4.74 Å². The smallest absolute Gasteiger partial charge is 0.168 e. The lowest BCUT2D eigenvalue weighted by molar-refractivity contribution is 0.111. The fraction of sp³-hybridized carbons (Fsp3) is 0.0714. The molecule has 0 spiro atoms. The Balaban J connectivity index is 2.52. The van der Waals surface area contributed by atoms with Gasteiger partial charge in [-0.25, -0.2) is 4.98 Å². The standard InChI is InChI=1S/C14H10N2O2/c1-18-12-7-10(8-17)16-14-11(12)5-4-9-3-2-6-15-13(9)14/h2-8H,1H3. The summed E-state index contributed by atoms with van der Waals surface area (Å²) in [5.74, 6) is 0.634. The van der Waals surface area contributed by atoms with Crippen molar-refractivity contribution in [2.24, 2.45) is 0 Å². The predicted molar refractivity (Wildman–Crippen MR) is 69.0 cm³/mol. The Kier molecular flexibility index (Phi) is 2.41. The second-order valence-corrected chi connectivity index (χ2v) is 3.90. The van der Waals surface area contributed by atoms with Crippen molar-refractivity contribution >= 4 is 28.1 Å². The minimum Gasteiger partial charge on any atom is -0.496 e. The lowest BCUT2D eigenvalue weighted by Crippen LogP contribution is -1.94. The summed E-state index contributed by atoms with van der Waals surface area (Å²) in [4.78, 5) is 19.6. The molecular weight excluding hydrogens is 228 g/mol. The molecule has 2 aromatic heterocycles. The maximum absolute atomic E-state index is 10.9. The number of hydrogen-bond acceptors (Lipinski definition) is 4. The number of carbonyl (C=O) groups is 1. The van der Waals surface area contributed by atoms with Crippen molar-refractivity contribution in [1.29, 1.82) is 0 Å². The minimum absolute atomic E-state index is 0.345. The van der Waals surface area contributed by atoms with Gasteiger partial charge in [0.25, 0.3) is 0 Å². The molecule has 0 fully saturated rings. The Morgan fingerprint density at radius 2 is 2.11 bits per heavy atom. The van der Waals surface area contributed by atoms with Crippen LogP contribution in [0.4, 0.5) is 0 Å². The summed E-state index contributed by atoms with van der Waals surface area (Å²) in [7, 11) is 1.58. The summed E-state index contributed by atoms with van der Waals surface area (Å²) in [5.41, 5.74) is 1.81. The number of nitrogens with zero attached hydrogens (tertiary/aromatic N) is 2. The van der Waals surface area contributed by atoms with Crippen LogP contribution in [0.3, 0.4) is 0 Å². The zero-order chi connectivity index (χ0) is 12.5. The summed E-state index contributed by atoms with van der Waals surface area (Å²) in [6, 6.07) is 9.36. The number of ether oxygens (including phenoxy) is 1. The maximum Gasteiger partial charge on any atom is 0.168 e. The monoisotopic (exact) mass is 238 g/mol. The number of aromatic nitrogens is 2. The molecular formula is C14H10N2O2. The van der Waals surface area contributed by atoms with E-state index in [4.69, 9.17) is 4.74 Å². The molecule has 3 aromatic rings. The van der Waals surface area contributed by atoms with E-state index in [1.54, 1.807) is 19.4 Å². The van der Waals surface area contributed by atoms with Crippen molar-refractivity contribution in [2.45, 2.75) is 0 Å². The number of rotatable bonds is 2. The first kappa shape index (κ1) is 10.7. The molecule has 0 N–H and O–H groups in total. The summed E-state index contributed by atoms with van der Waals surface area (Å²) in [6.45, 7) is 0. The van der Waals surface area contributed by atoms with Crippen LogP contribution in [0.15, 0.2) is 36.5 Å². The van der Waals surface area contributed by atoms with E-state index in [-0.39, 0.29) is 0 Å². The molecule has 0 unspecified atom stereocenters. The van der Waals surface area contributed by atoms with Gasteiger partial charge in [0.15, 0.2) is 6.29 Å². The average molecular weight is 238 g/mol. The van der Waals surface area contributed by atoms with Crippen LogP contribution in [0.5, 0.6) is 5.75 Å². The fourth-order valence-corrected chi connectivity index (χ4v) is 2.04. The van der Waals surface area contributed by atoms with E-state index in [2.05, 4.69) is 9.97 Å². The van der Waals surface area contributed by atoms with Gasteiger partial charge < -0.3 is 4.74 Å². The number of carbonyl (C=O) groups excluding carboxylic acids is 1. The summed E-state index contributed by atoms with van der Waals surface area (Å²) in [6.07, 6.45) is 2.42. The number of benzene rings is 1. The van der Waals surface area contributed by atoms with Crippen molar-refractivity contribution in [3.05, 3.63) is 42.2 Å². The van der Waals surface area contributed by atoms with Crippen LogP contribution in [0.25, 0.3) is 21.8 Å². The molecule has 0 saturated carbocycles. The fourth-order valence-electron chi connectivity index (χ4n) is 2.04. The molecule has 0 saturated heterocycles. The number of methoxy groups -OCH3 is 1. The van der Waals surface area contributed by atoms with E-state index < -0.39 is 0 Å². The SMILES string of the molecule is COc1cc(C=O)nc2c1ccc1cccnc12. The lowest BCUT2D eigenvalue weighted by Gasteiger charge is -2.07. The quantitative estimate of drug-likeness (QED) is 0.508. The van der Waals surface area contributed by atoms with Gasteiger partial charge in [-0.15, -0.1) is 0 Å². The zero-order valence-corrected chi connectivity index (χ0v) is 9.75. The van der Waals surface area contributed by atoms with E-state index in [0.717, 1.165) is 16.3 Å². The molecule has 0 amide bonds. The second-order valence-electron chi connectivity index (χ2n) is 3.90. The molecule has 1 aromatic carbocycles. The zero-order valence-electron chi connectivity index (χ0n) is 9.75. The molecule has 18 heavy (non-hydrogen) atoms. The largest absolute Gasteiger partial charge is 0.496 e. The molecule has 0 bridgehead atoms. The third kappa shape index (κ3) is 1.50. The highest BCUT2D eigenvalue weighted by molar-refractivity contribution is 6.05. The molecule has 0 atom stereocenters. The van der Waals surface area contributed by atoms with Gasteiger partial charge in [-0.2, -0.15) is 0 Å². The van der Waals surface area contributed by atoms with Gasteiger partial charge in [0.2, 0.25) is 0 Å². The molecule has 0 aliphatic carbocycles. The lowest BCUT2D eigenvalue weighted by atomic mass is 10.1. The maximum atomic E-state index is 10.9. The van der Waals surface area contributed by atoms with E-state index in [1.807, 2.05) is 24.3 Å². The predicted octanol–water partition coefficient (Wildman–Crippen LogP) is 2.60.